The predicted octanol–water partition coefficient (Wildman–Crippen LogP) is 5.68. The third-order valence-corrected chi connectivity index (χ3v) is 8.60. The molecule has 238 valence electrons. The van der Waals surface area contributed by atoms with Crippen molar-refractivity contribution in [3.05, 3.63) is 135 Å². The average molecular weight is 668 g/mol. The van der Waals surface area contributed by atoms with Gasteiger partial charge >= 0.3 is 0 Å². The largest absolute Gasteiger partial charge is 0.369 e. The van der Waals surface area contributed by atoms with Crippen LogP contribution < -0.4 is 15.4 Å². The molecule has 5 aromatic rings. The first-order valence-corrected chi connectivity index (χ1v) is 15.9. The van der Waals surface area contributed by atoms with Crippen LogP contribution in [0.2, 0.25) is 10.0 Å². The Labute approximate surface area is 282 Å². The maximum Gasteiger partial charge on any atom is 0.259 e. The summed E-state index contributed by atoms with van der Waals surface area (Å²) in [4.78, 5) is 32.1. The number of aliphatic hydroxyl groups is 1. The first kappa shape index (κ1) is 32.1. The Morgan fingerprint density at radius 1 is 0.915 bits per heavy atom. The summed E-state index contributed by atoms with van der Waals surface area (Å²) < 4.78 is 2.09. The van der Waals surface area contributed by atoms with E-state index >= 15 is 0 Å². The fourth-order valence-electron chi connectivity index (χ4n) is 5.76. The number of nitrogens with one attached hydrogen (secondary N) is 2. The highest BCUT2D eigenvalue weighted by Gasteiger charge is 2.30. The molecule has 0 radical (unpaired) electrons. The summed E-state index contributed by atoms with van der Waals surface area (Å²) in [7, 11) is 3.57. The van der Waals surface area contributed by atoms with Gasteiger partial charge in [-0.05, 0) is 47.5 Å². The van der Waals surface area contributed by atoms with Gasteiger partial charge in [0.25, 0.3) is 5.56 Å². The summed E-state index contributed by atoms with van der Waals surface area (Å²) in [6.45, 7) is 2.81. The van der Waals surface area contributed by atoms with Crippen LogP contribution in [0.1, 0.15) is 23.9 Å². The zero-order valence-electron chi connectivity index (χ0n) is 26.2. The van der Waals surface area contributed by atoms with Crippen molar-refractivity contribution in [2.45, 2.75) is 26.1 Å². The Balaban J connectivity index is 1.26. The molecule has 0 spiro atoms. The number of hydrogen-bond acceptors (Lipinski definition) is 7. The molecule has 0 bridgehead atoms. The quantitative estimate of drug-likeness (QED) is 0.184. The number of guanidine groups is 1. The normalized spacial score (nSPS) is 15.4. The summed E-state index contributed by atoms with van der Waals surface area (Å²) >= 11 is 12.3. The lowest BCUT2D eigenvalue weighted by Gasteiger charge is -2.33. The number of likely N-dealkylation sites (N-methyl/N-ethyl adjacent to an activating group) is 1. The zero-order chi connectivity index (χ0) is 33.1. The van der Waals surface area contributed by atoms with Crippen molar-refractivity contribution in [2.24, 2.45) is 10.9 Å². The molecular weight excluding hydrogens is 633 g/mol. The van der Waals surface area contributed by atoms with Crippen molar-refractivity contribution in [1.82, 2.24) is 25.2 Å². The number of benzene rings is 2. The van der Waals surface area contributed by atoms with Gasteiger partial charge in [-0.1, -0.05) is 54.4 Å². The lowest BCUT2D eigenvalue weighted by molar-refractivity contribution is -0.702. The van der Waals surface area contributed by atoms with Crippen molar-refractivity contribution < 1.29 is 9.67 Å². The van der Waals surface area contributed by atoms with E-state index in [-0.39, 0.29) is 11.5 Å². The summed E-state index contributed by atoms with van der Waals surface area (Å²) in [5.74, 6) is 1.31. The summed E-state index contributed by atoms with van der Waals surface area (Å²) in [6.07, 6.45) is 7.04. The van der Waals surface area contributed by atoms with Crippen molar-refractivity contribution in [3.8, 4) is 22.4 Å². The Morgan fingerprint density at radius 2 is 1.53 bits per heavy atom. The smallest absolute Gasteiger partial charge is 0.259 e. The molecule has 0 aliphatic carbocycles. The van der Waals surface area contributed by atoms with Gasteiger partial charge in [0.1, 0.15) is 5.82 Å². The number of pyridine rings is 2. The van der Waals surface area contributed by atoms with E-state index in [2.05, 4.69) is 26.8 Å². The van der Waals surface area contributed by atoms with Crippen molar-refractivity contribution in [2.75, 3.05) is 14.1 Å². The van der Waals surface area contributed by atoms with Gasteiger partial charge in [0.05, 0.1) is 17.0 Å². The van der Waals surface area contributed by atoms with Gasteiger partial charge in [0, 0.05) is 77.7 Å². The van der Waals surface area contributed by atoms with E-state index in [0.717, 1.165) is 22.3 Å². The number of nitrogens with zero attached hydrogens (tertiary/aromatic N) is 5. The number of H-pyrrole nitrogens is 1. The van der Waals surface area contributed by atoms with Crippen molar-refractivity contribution in [3.63, 3.8) is 0 Å². The highest BCUT2D eigenvalue weighted by atomic mass is 35.5. The van der Waals surface area contributed by atoms with Crippen LogP contribution in [0.5, 0.6) is 0 Å². The predicted molar refractivity (Wildman–Crippen MR) is 187 cm³/mol. The fourth-order valence-corrected chi connectivity index (χ4v) is 6.01. The number of aliphatic imine (C=N–C) groups is 1. The van der Waals surface area contributed by atoms with Crippen LogP contribution in [0.4, 0.5) is 0 Å². The van der Waals surface area contributed by atoms with E-state index in [0.29, 0.717) is 57.3 Å². The first-order valence-electron chi connectivity index (χ1n) is 15.2. The van der Waals surface area contributed by atoms with Gasteiger partial charge in [-0.2, -0.15) is 0 Å². The lowest BCUT2D eigenvalue weighted by Crippen LogP contribution is -2.46. The lowest BCUT2D eigenvalue weighted by atomic mass is 9.97. The van der Waals surface area contributed by atoms with Crippen LogP contribution in [-0.4, -0.2) is 51.2 Å². The van der Waals surface area contributed by atoms with Gasteiger partial charge in [-0.3, -0.25) is 9.78 Å². The molecule has 0 fully saturated rings. The van der Waals surface area contributed by atoms with Gasteiger partial charge in [-0.25, -0.2) is 14.5 Å². The third-order valence-electron chi connectivity index (χ3n) is 8.09. The number of aromatic nitrogens is 4. The molecule has 4 heterocycles. The van der Waals surface area contributed by atoms with Crippen molar-refractivity contribution in [1.29, 1.82) is 0 Å². The third kappa shape index (κ3) is 6.97. The van der Waals surface area contributed by atoms with Crippen LogP contribution >= 0.6 is 23.2 Å². The molecular formula is C36H34Cl2N7O2+. The second kappa shape index (κ2) is 13.9. The second-order valence-electron chi connectivity index (χ2n) is 11.5. The van der Waals surface area contributed by atoms with E-state index in [1.807, 2.05) is 60.9 Å². The molecule has 2 atom stereocenters. The minimum absolute atomic E-state index is 0.142. The standard InChI is InChI=1S/C36H33Cl2N7O2/c1-22(20-29-41-32(25-12-16-40-17-13-25)30(34(46)42-29)23-4-8-27(37)9-5-23)21-45-18-14-26(15-19-45)33-31(24-6-10-28(38)11-7-24)35(47)44(3)36(39-2)43-33/h4-19,22,35,47H,20-21H2,1-3H3,(H-,39,41,42,43,46)/p+1. The van der Waals surface area contributed by atoms with E-state index in [1.165, 1.54) is 0 Å². The number of hydrogen-bond donors (Lipinski definition) is 3. The Morgan fingerprint density at radius 3 is 2.15 bits per heavy atom. The van der Waals surface area contributed by atoms with Crippen LogP contribution in [0, 0.1) is 5.92 Å². The van der Waals surface area contributed by atoms with E-state index in [4.69, 9.17) is 33.2 Å². The van der Waals surface area contributed by atoms with Gasteiger partial charge in [0.2, 0.25) is 5.96 Å². The van der Waals surface area contributed by atoms with Crippen LogP contribution in [0.3, 0.4) is 0 Å². The zero-order valence-corrected chi connectivity index (χ0v) is 27.7. The van der Waals surface area contributed by atoms with Crippen LogP contribution in [0.15, 0.2) is 107 Å². The highest BCUT2D eigenvalue weighted by molar-refractivity contribution is 6.31. The monoisotopic (exact) mass is 666 g/mol. The van der Waals surface area contributed by atoms with E-state index < -0.39 is 6.23 Å². The molecule has 0 saturated heterocycles. The molecule has 3 aromatic heterocycles. The number of rotatable bonds is 8. The molecule has 6 rings (SSSR count). The maximum absolute atomic E-state index is 13.5. The average Bonchev–Trinajstić information content (AvgIpc) is 3.07. The fraction of sp³-hybridized carbons (Fsp3) is 0.194. The molecule has 1 aliphatic rings. The van der Waals surface area contributed by atoms with Crippen LogP contribution in [0.25, 0.3) is 33.7 Å². The highest BCUT2D eigenvalue weighted by Crippen LogP contribution is 2.35. The molecule has 0 saturated carbocycles. The molecule has 9 nitrogen and oxygen atoms in total. The topological polar surface area (TPSA) is 110 Å². The Kier molecular flexibility index (Phi) is 9.49. The minimum Gasteiger partial charge on any atom is -0.369 e. The van der Waals surface area contributed by atoms with E-state index in [1.54, 1.807) is 55.7 Å². The SMILES string of the molecule is CNC1=NC(c2cc[n+](CC(C)Cc3nc(-c4ccncc4)c(-c4ccc(Cl)cc4)c(=O)[nH]3)cc2)=C(c2ccc(Cl)cc2)C(O)N1C. The second-order valence-corrected chi connectivity index (χ2v) is 12.4. The molecule has 47 heavy (non-hydrogen) atoms. The molecule has 3 N–H and O–H groups in total. The molecule has 11 heteroatoms. The number of aliphatic hydroxyl groups excluding tert-OH is 1. The molecule has 1 aliphatic heterocycles. The molecule has 2 aromatic carbocycles. The van der Waals surface area contributed by atoms with Crippen LogP contribution in [-0.2, 0) is 13.0 Å². The minimum atomic E-state index is -0.906. The number of aromatic amines is 1. The van der Waals surface area contributed by atoms with Gasteiger partial charge in [-0.15, -0.1) is 0 Å². The first-order chi connectivity index (χ1) is 22.7. The number of halogens is 2. The Bertz CT molecular complexity index is 1990. The molecule has 2 unspecified atom stereocenters. The maximum atomic E-state index is 13.5. The van der Waals surface area contributed by atoms with Crippen molar-refractivity contribution >= 4 is 40.4 Å². The summed E-state index contributed by atoms with van der Waals surface area (Å²) in [5.41, 5.74) is 5.50. The Hall–Kier alpha value is -4.83. The van der Waals surface area contributed by atoms with Gasteiger partial charge in [0.15, 0.2) is 25.2 Å². The van der Waals surface area contributed by atoms with E-state index in [9.17, 15) is 9.90 Å². The molecule has 0 amide bonds. The van der Waals surface area contributed by atoms with Gasteiger partial charge < -0.3 is 20.3 Å². The summed E-state index contributed by atoms with van der Waals surface area (Å²) in [6, 6.07) is 22.3. The summed E-state index contributed by atoms with van der Waals surface area (Å²) in [5, 5.41) is 15.6.